The van der Waals surface area contributed by atoms with Crippen LogP contribution in [0.25, 0.3) is 10.2 Å². The van der Waals surface area contributed by atoms with Gasteiger partial charge in [0.2, 0.25) is 10.0 Å². The molecule has 0 saturated heterocycles. The summed E-state index contributed by atoms with van der Waals surface area (Å²) in [6.07, 6.45) is 0.683. The lowest BCUT2D eigenvalue weighted by molar-refractivity contribution is 0.0985. The van der Waals surface area contributed by atoms with Gasteiger partial charge >= 0.3 is 0 Å². The number of thiazole rings is 1. The molecule has 6 nitrogen and oxygen atoms in total. The minimum Gasteiger partial charge on any atom is -0.279 e. The Labute approximate surface area is 225 Å². The third kappa shape index (κ3) is 4.74. The van der Waals surface area contributed by atoms with E-state index in [2.05, 4.69) is 0 Å². The standard InChI is InChI=1S/C30H25N3O3S2/c34-29(33(20-22-8-2-1-3-9-22)30-31-27-12-6-7-13-28(27)37-30)24-14-16-26(17-15-24)38(35,36)32-19-18-23-10-4-5-11-25(23)21-32/h1-17H,18-21H2. The van der Waals surface area contributed by atoms with Crippen molar-refractivity contribution in [3.8, 4) is 0 Å². The topological polar surface area (TPSA) is 70.6 Å². The van der Waals surface area contributed by atoms with Crippen LogP contribution >= 0.6 is 11.3 Å². The van der Waals surface area contributed by atoms with Crippen LogP contribution in [-0.2, 0) is 29.5 Å². The Hall–Kier alpha value is -3.85. The quantitative estimate of drug-likeness (QED) is 0.270. The molecule has 1 aliphatic rings. The van der Waals surface area contributed by atoms with Crippen LogP contribution in [0.1, 0.15) is 27.0 Å². The number of amides is 1. The molecule has 38 heavy (non-hydrogen) atoms. The highest BCUT2D eigenvalue weighted by molar-refractivity contribution is 7.89. The SMILES string of the molecule is O=C(c1ccc(S(=O)(=O)N2CCc3ccccc3C2)cc1)N(Cc1ccccc1)c1nc2ccccc2s1. The number of rotatable bonds is 6. The predicted octanol–water partition coefficient (Wildman–Crippen LogP) is 5.89. The van der Waals surface area contributed by atoms with Crippen LogP contribution in [0.2, 0.25) is 0 Å². The van der Waals surface area contributed by atoms with E-state index in [4.69, 9.17) is 4.98 Å². The van der Waals surface area contributed by atoms with Crippen LogP contribution in [0.3, 0.4) is 0 Å². The number of aromatic nitrogens is 1. The third-order valence-electron chi connectivity index (χ3n) is 6.78. The van der Waals surface area contributed by atoms with Gasteiger partial charge in [-0.15, -0.1) is 0 Å². The number of sulfonamides is 1. The van der Waals surface area contributed by atoms with Crippen molar-refractivity contribution in [1.29, 1.82) is 0 Å². The number of nitrogens with zero attached hydrogens (tertiary/aromatic N) is 3. The molecule has 0 saturated carbocycles. The molecule has 1 aliphatic heterocycles. The van der Waals surface area contributed by atoms with E-state index in [1.54, 1.807) is 17.0 Å². The summed E-state index contributed by atoms with van der Waals surface area (Å²) in [5.74, 6) is -0.233. The summed E-state index contributed by atoms with van der Waals surface area (Å²) in [5, 5.41) is 0.601. The number of anilines is 1. The lowest BCUT2D eigenvalue weighted by Gasteiger charge is -2.28. The molecular weight excluding hydrogens is 514 g/mol. The molecule has 0 bridgehead atoms. The second kappa shape index (κ2) is 10.1. The number of fused-ring (bicyclic) bond motifs is 2. The molecule has 0 spiro atoms. The zero-order valence-corrected chi connectivity index (χ0v) is 22.2. The van der Waals surface area contributed by atoms with Crippen molar-refractivity contribution in [3.63, 3.8) is 0 Å². The predicted molar refractivity (Wildman–Crippen MR) is 151 cm³/mol. The maximum Gasteiger partial charge on any atom is 0.260 e. The highest BCUT2D eigenvalue weighted by Gasteiger charge is 2.29. The molecule has 4 aromatic carbocycles. The molecule has 1 aromatic heterocycles. The molecule has 0 fully saturated rings. The third-order valence-corrected chi connectivity index (χ3v) is 9.70. The first-order valence-electron chi connectivity index (χ1n) is 12.4. The highest BCUT2D eigenvalue weighted by atomic mass is 32.2. The summed E-state index contributed by atoms with van der Waals surface area (Å²) >= 11 is 1.46. The van der Waals surface area contributed by atoms with E-state index < -0.39 is 10.0 Å². The van der Waals surface area contributed by atoms with E-state index in [1.807, 2.05) is 78.9 Å². The van der Waals surface area contributed by atoms with Crippen molar-refractivity contribution in [1.82, 2.24) is 9.29 Å². The van der Waals surface area contributed by atoms with Gasteiger partial charge in [-0.05, 0) is 59.5 Å². The maximum atomic E-state index is 13.8. The fourth-order valence-electron chi connectivity index (χ4n) is 4.72. The van der Waals surface area contributed by atoms with Gasteiger partial charge in [0.1, 0.15) is 0 Å². The number of carbonyl (C=O) groups excluding carboxylic acids is 1. The van der Waals surface area contributed by atoms with Gasteiger partial charge in [-0.3, -0.25) is 9.69 Å². The monoisotopic (exact) mass is 539 g/mol. The second-order valence-corrected chi connectivity index (χ2v) is 12.2. The van der Waals surface area contributed by atoms with Crippen molar-refractivity contribution in [2.45, 2.75) is 24.4 Å². The molecule has 0 aliphatic carbocycles. The summed E-state index contributed by atoms with van der Waals surface area (Å²) in [7, 11) is -3.69. The van der Waals surface area contributed by atoms with Gasteiger partial charge in [0.15, 0.2) is 5.13 Å². The van der Waals surface area contributed by atoms with Gasteiger partial charge in [-0.2, -0.15) is 4.31 Å². The lowest BCUT2D eigenvalue weighted by Crippen LogP contribution is -2.36. The Morgan fingerprint density at radius 3 is 2.29 bits per heavy atom. The van der Waals surface area contributed by atoms with Crippen molar-refractivity contribution < 1.29 is 13.2 Å². The van der Waals surface area contributed by atoms with E-state index in [0.29, 0.717) is 36.8 Å². The molecule has 190 valence electrons. The van der Waals surface area contributed by atoms with Crippen LogP contribution in [0.15, 0.2) is 108 Å². The van der Waals surface area contributed by atoms with Gasteiger partial charge in [0.25, 0.3) is 5.91 Å². The first-order valence-corrected chi connectivity index (χ1v) is 14.6. The van der Waals surface area contributed by atoms with Crippen LogP contribution in [0.4, 0.5) is 5.13 Å². The van der Waals surface area contributed by atoms with Gasteiger partial charge in [0, 0.05) is 18.7 Å². The van der Waals surface area contributed by atoms with Crippen molar-refractivity contribution >= 4 is 42.6 Å². The summed E-state index contributed by atoms with van der Waals surface area (Å²) in [4.78, 5) is 20.3. The van der Waals surface area contributed by atoms with Gasteiger partial charge in [0.05, 0.1) is 21.7 Å². The minimum atomic E-state index is -3.69. The Bertz CT molecular complexity index is 1680. The summed E-state index contributed by atoms with van der Waals surface area (Å²) in [6.45, 7) is 1.14. The lowest BCUT2D eigenvalue weighted by atomic mass is 10.0. The maximum absolute atomic E-state index is 13.8. The molecule has 1 amide bonds. The Morgan fingerprint density at radius 2 is 1.53 bits per heavy atom. The number of carbonyl (C=O) groups is 1. The average Bonchev–Trinajstić information content (AvgIpc) is 3.40. The van der Waals surface area contributed by atoms with Crippen molar-refractivity contribution in [3.05, 3.63) is 125 Å². The summed E-state index contributed by atoms with van der Waals surface area (Å²) in [5.41, 5.74) is 4.44. The Morgan fingerprint density at radius 1 is 0.842 bits per heavy atom. The molecule has 8 heteroatoms. The van der Waals surface area contributed by atoms with E-state index >= 15 is 0 Å². The number of benzene rings is 4. The van der Waals surface area contributed by atoms with Crippen LogP contribution in [0, 0.1) is 0 Å². The molecule has 2 heterocycles. The minimum absolute atomic E-state index is 0.183. The highest BCUT2D eigenvalue weighted by Crippen LogP contribution is 2.31. The Balaban J connectivity index is 1.28. The molecule has 0 radical (unpaired) electrons. The molecule has 0 unspecified atom stereocenters. The van der Waals surface area contributed by atoms with Crippen molar-refractivity contribution in [2.75, 3.05) is 11.4 Å². The fraction of sp³-hybridized carbons (Fsp3) is 0.133. The van der Waals surface area contributed by atoms with Crippen LogP contribution in [0.5, 0.6) is 0 Å². The van der Waals surface area contributed by atoms with Crippen LogP contribution in [-0.4, -0.2) is 30.2 Å². The fourth-order valence-corrected chi connectivity index (χ4v) is 7.10. The summed E-state index contributed by atoms with van der Waals surface area (Å²) < 4.78 is 29.3. The molecule has 5 aromatic rings. The molecule has 6 rings (SSSR count). The Kier molecular flexibility index (Phi) is 6.53. The van der Waals surface area contributed by atoms with E-state index in [0.717, 1.165) is 21.3 Å². The van der Waals surface area contributed by atoms with Gasteiger partial charge in [-0.25, -0.2) is 13.4 Å². The first kappa shape index (κ1) is 24.5. The molecule has 0 atom stereocenters. The number of hydrogen-bond donors (Lipinski definition) is 0. The van der Waals surface area contributed by atoms with E-state index in [-0.39, 0.29) is 10.8 Å². The summed E-state index contributed by atoms with van der Waals surface area (Å²) in [6, 6.07) is 31.7. The number of hydrogen-bond acceptors (Lipinski definition) is 5. The average molecular weight is 540 g/mol. The van der Waals surface area contributed by atoms with Crippen molar-refractivity contribution in [2.24, 2.45) is 0 Å². The molecular formula is C30H25N3O3S2. The zero-order valence-electron chi connectivity index (χ0n) is 20.5. The number of para-hydroxylation sites is 1. The largest absolute Gasteiger partial charge is 0.279 e. The normalized spacial score (nSPS) is 13.8. The smallest absolute Gasteiger partial charge is 0.260 e. The molecule has 0 N–H and O–H groups in total. The van der Waals surface area contributed by atoms with E-state index in [1.165, 1.54) is 33.3 Å². The second-order valence-electron chi connectivity index (χ2n) is 9.22. The first-order chi connectivity index (χ1) is 18.5. The van der Waals surface area contributed by atoms with Crippen LogP contribution < -0.4 is 4.90 Å². The zero-order chi connectivity index (χ0) is 26.1. The van der Waals surface area contributed by atoms with Gasteiger partial charge in [-0.1, -0.05) is 78.1 Å². The van der Waals surface area contributed by atoms with E-state index in [9.17, 15) is 13.2 Å². The van der Waals surface area contributed by atoms with Gasteiger partial charge < -0.3 is 0 Å².